The molecule has 0 aliphatic carbocycles. The van der Waals surface area contributed by atoms with Gasteiger partial charge in [-0.05, 0) is 18.6 Å². The van der Waals surface area contributed by atoms with E-state index in [9.17, 15) is 14.4 Å². The molecule has 4 heterocycles. The van der Waals surface area contributed by atoms with Gasteiger partial charge in [-0.15, -0.1) is 0 Å². The molecule has 36 heavy (non-hydrogen) atoms. The summed E-state index contributed by atoms with van der Waals surface area (Å²) in [5, 5.41) is 4.32. The van der Waals surface area contributed by atoms with Crippen molar-refractivity contribution in [1.82, 2.24) is 14.5 Å². The number of fused-ring (bicyclic) bond motifs is 12. The highest BCUT2D eigenvalue weighted by molar-refractivity contribution is 6.50. The van der Waals surface area contributed by atoms with Gasteiger partial charge in [0.1, 0.15) is 6.61 Å². The van der Waals surface area contributed by atoms with Crippen molar-refractivity contribution in [2.75, 3.05) is 13.2 Å². The van der Waals surface area contributed by atoms with E-state index in [2.05, 4.69) is 9.88 Å². The van der Waals surface area contributed by atoms with Gasteiger partial charge in [0, 0.05) is 65.3 Å². The Labute approximate surface area is 207 Å². The minimum Gasteiger partial charge on any atom is -0.463 e. The van der Waals surface area contributed by atoms with Gasteiger partial charge in [0.2, 0.25) is 0 Å². The molecule has 0 radical (unpaired) electrons. The predicted octanol–water partition coefficient (Wildman–Crippen LogP) is 3.52. The lowest BCUT2D eigenvalue weighted by atomic mass is 9.95. The average Bonchev–Trinajstić information content (AvgIpc) is 3.50. The maximum atomic E-state index is 13.2. The number of nitrogens with zero attached hydrogens (tertiary/aromatic N) is 2. The van der Waals surface area contributed by atoms with Gasteiger partial charge in [-0.25, -0.2) is 0 Å². The molecule has 1 unspecified atom stereocenters. The number of hydrogen-bond donors (Lipinski definition) is 1. The Morgan fingerprint density at radius 1 is 0.917 bits per heavy atom. The summed E-state index contributed by atoms with van der Waals surface area (Å²) in [6.45, 7) is 3.10. The fourth-order valence-electron chi connectivity index (χ4n) is 5.26. The monoisotopic (exact) mass is 483 g/mol. The van der Waals surface area contributed by atoms with E-state index in [1.54, 1.807) is 0 Å². The van der Waals surface area contributed by atoms with Crippen LogP contribution in [0.15, 0.2) is 60.9 Å². The Balaban J connectivity index is 1.58. The molecule has 4 bridgehead atoms. The molecule has 6 rings (SSSR count). The van der Waals surface area contributed by atoms with Crippen LogP contribution in [-0.2, 0) is 36.9 Å². The number of ether oxygens (including phenoxy) is 2. The molecule has 0 saturated heterocycles. The fraction of sp³-hybridized carbons (Fsp3) is 0.250. The minimum absolute atomic E-state index is 0.172. The number of para-hydroxylation sites is 2. The number of carbonyl (C=O) groups excluding carboxylic acids is 3. The summed E-state index contributed by atoms with van der Waals surface area (Å²) >= 11 is 0. The normalized spacial score (nSPS) is 18.3. The van der Waals surface area contributed by atoms with Crippen molar-refractivity contribution >= 4 is 50.7 Å². The number of aryl methyl sites for hydroxylation is 1. The van der Waals surface area contributed by atoms with Crippen molar-refractivity contribution in [3.8, 4) is 0 Å². The molecule has 1 atom stereocenters. The summed E-state index contributed by atoms with van der Waals surface area (Å²) < 4.78 is 15.6. The van der Waals surface area contributed by atoms with Gasteiger partial charge in [0.25, 0.3) is 11.8 Å². The van der Waals surface area contributed by atoms with Crippen LogP contribution in [0.2, 0.25) is 0 Å². The molecule has 2 aromatic heterocycles. The van der Waals surface area contributed by atoms with Gasteiger partial charge in [-0.1, -0.05) is 36.4 Å². The lowest BCUT2D eigenvalue weighted by Gasteiger charge is -2.19. The molecule has 4 aromatic rings. The third-order valence-electron chi connectivity index (χ3n) is 6.90. The molecule has 2 aromatic carbocycles. The van der Waals surface area contributed by atoms with Crippen molar-refractivity contribution in [1.29, 1.82) is 0 Å². The number of benzene rings is 2. The van der Waals surface area contributed by atoms with Crippen LogP contribution in [0.25, 0.3) is 33.0 Å². The van der Waals surface area contributed by atoms with Crippen molar-refractivity contribution in [2.24, 2.45) is 0 Å². The Kier molecular flexibility index (Phi) is 5.45. The molecule has 1 N–H and O–H groups in total. The molecule has 0 saturated carbocycles. The number of nitrogens with one attached hydrogen (secondary N) is 1. The van der Waals surface area contributed by atoms with Crippen LogP contribution in [0.4, 0.5) is 0 Å². The van der Waals surface area contributed by atoms with Crippen LogP contribution in [0.1, 0.15) is 24.5 Å². The Bertz CT molecular complexity index is 1570. The largest absolute Gasteiger partial charge is 0.463 e. The fourth-order valence-corrected chi connectivity index (χ4v) is 5.26. The van der Waals surface area contributed by atoms with E-state index in [-0.39, 0.29) is 24.6 Å². The smallest absolute Gasteiger partial charge is 0.302 e. The van der Waals surface area contributed by atoms with Crippen LogP contribution in [0.3, 0.4) is 0 Å². The first-order chi connectivity index (χ1) is 17.5. The van der Waals surface area contributed by atoms with Gasteiger partial charge >= 0.3 is 5.97 Å². The zero-order chi connectivity index (χ0) is 24.8. The minimum atomic E-state index is -0.391. The number of amides is 2. The molecular weight excluding hydrogens is 458 g/mol. The zero-order valence-corrected chi connectivity index (χ0v) is 19.8. The molecule has 182 valence electrons. The number of carbonyl (C=O) groups is 3. The number of rotatable bonds is 2. The summed E-state index contributed by atoms with van der Waals surface area (Å²) in [7, 11) is 0. The highest BCUT2D eigenvalue weighted by Gasteiger charge is 2.35. The van der Waals surface area contributed by atoms with E-state index in [0.29, 0.717) is 42.8 Å². The summed E-state index contributed by atoms with van der Waals surface area (Å²) in [5.41, 5.74) is 4.12. The molecule has 8 heteroatoms. The van der Waals surface area contributed by atoms with Crippen LogP contribution in [-0.4, -0.2) is 46.2 Å². The summed E-state index contributed by atoms with van der Waals surface area (Å²) in [5.74, 6) is -1.12. The standard InChI is InChI=1S/C28H25N3O5/c1-17(32)36-16-18-10-11-30-14-21(19-6-2-4-8-23(19)30)25-26(28(34)29-27(25)33)22-15-31(12-13-35-18)24-9-5-3-7-20(22)24/h2-9,14-15,18H,10-13,16H2,1H3,(H,29,33,34). The number of imide groups is 1. The van der Waals surface area contributed by atoms with E-state index in [1.165, 1.54) is 6.92 Å². The van der Waals surface area contributed by atoms with Crippen LogP contribution < -0.4 is 5.32 Å². The first kappa shape index (κ1) is 22.3. The lowest BCUT2D eigenvalue weighted by Crippen LogP contribution is -2.25. The quantitative estimate of drug-likeness (QED) is 0.348. The summed E-state index contributed by atoms with van der Waals surface area (Å²) in [6, 6.07) is 15.7. The molecular formula is C28H25N3O5. The second kappa shape index (κ2) is 8.80. The Morgan fingerprint density at radius 2 is 1.47 bits per heavy atom. The van der Waals surface area contributed by atoms with Crippen LogP contribution in [0, 0.1) is 0 Å². The highest BCUT2D eigenvalue weighted by atomic mass is 16.6. The molecule has 0 fully saturated rings. The Hall–Kier alpha value is -4.17. The van der Waals surface area contributed by atoms with Crippen molar-refractivity contribution < 1.29 is 23.9 Å². The van der Waals surface area contributed by atoms with Crippen molar-refractivity contribution in [3.05, 3.63) is 72.1 Å². The number of aromatic nitrogens is 2. The first-order valence-corrected chi connectivity index (χ1v) is 12.0. The average molecular weight is 484 g/mol. The van der Waals surface area contributed by atoms with Crippen molar-refractivity contribution in [2.45, 2.75) is 32.5 Å². The summed E-state index contributed by atoms with van der Waals surface area (Å²) in [4.78, 5) is 37.8. The highest BCUT2D eigenvalue weighted by Crippen LogP contribution is 2.39. The second-order valence-electron chi connectivity index (χ2n) is 9.12. The summed E-state index contributed by atoms with van der Waals surface area (Å²) in [6.07, 6.45) is 4.19. The molecule has 2 aliphatic heterocycles. The van der Waals surface area contributed by atoms with Crippen LogP contribution in [0.5, 0.6) is 0 Å². The molecule has 0 spiro atoms. The number of hydrogen-bond acceptors (Lipinski definition) is 5. The molecule has 2 aliphatic rings. The zero-order valence-electron chi connectivity index (χ0n) is 19.8. The van der Waals surface area contributed by atoms with Gasteiger partial charge < -0.3 is 18.6 Å². The number of esters is 1. The van der Waals surface area contributed by atoms with Crippen LogP contribution >= 0.6 is 0 Å². The lowest BCUT2D eigenvalue weighted by molar-refractivity contribution is -0.145. The topological polar surface area (TPSA) is 91.6 Å². The Morgan fingerprint density at radius 3 is 2.06 bits per heavy atom. The van der Waals surface area contributed by atoms with E-state index >= 15 is 0 Å². The van der Waals surface area contributed by atoms with E-state index in [0.717, 1.165) is 27.4 Å². The maximum Gasteiger partial charge on any atom is 0.302 e. The molecule has 2 amide bonds. The van der Waals surface area contributed by atoms with Gasteiger partial charge in [-0.2, -0.15) is 0 Å². The third kappa shape index (κ3) is 3.70. The van der Waals surface area contributed by atoms with E-state index in [1.807, 2.05) is 65.5 Å². The SMILES string of the molecule is CC(=O)OCC1CCn2cc(c3ccccc32)C2=C(C(=O)NC2=O)c2cn(c3ccccc23)CCO1. The maximum absolute atomic E-state index is 13.2. The third-order valence-corrected chi connectivity index (χ3v) is 6.90. The first-order valence-electron chi connectivity index (χ1n) is 12.0. The van der Waals surface area contributed by atoms with Gasteiger partial charge in [0.15, 0.2) is 0 Å². The van der Waals surface area contributed by atoms with E-state index < -0.39 is 5.91 Å². The van der Waals surface area contributed by atoms with Gasteiger partial charge in [-0.3, -0.25) is 19.7 Å². The van der Waals surface area contributed by atoms with E-state index in [4.69, 9.17) is 9.47 Å². The van der Waals surface area contributed by atoms with Crippen molar-refractivity contribution in [3.63, 3.8) is 0 Å². The predicted molar refractivity (Wildman–Crippen MR) is 135 cm³/mol. The van der Waals surface area contributed by atoms with Gasteiger partial charge in [0.05, 0.1) is 23.9 Å². The second-order valence-corrected chi connectivity index (χ2v) is 9.12. The molecule has 8 nitrogen and oxygen atoms in total.